The Morgan fingerprint density at radius 2 is 2.27 bits per heavy atom. The van der Waals surface area contributed by atoms with Crippen LogP contribution < -0.4 is 0 Å². The largest absolute Gasteiger partial charge is 0.477 e. The van der Waals surface area contributed by atoms with Crippen LogP contribution in [-0.4, -0.2) is 49.0 Å². The summed E-state index contributed by atoms with van der Waals surface area (Å²) < 4.78 is 2.05. The fourth-order valence-electron chi connectivity index (χ4n) is 3.09. The number of carboxylic acids is 1. The number of β-lactam (4-membered cyclic amide) rings is 1. The summed E-state index contributed by atoms with van der Waals surface area (Å²) in [6.45, 7) is 1.27. The van der Waals surface area contributed by atoms with E-state index in [2.05, 4.69) is 4.90 Å². The van der Waals surface area contributed by atoms with Gasteiger partial charge in [0.25, 0.3) is 0 Å². The summed E-state index contributed by atoms with van der Waals surface area (Å²) >= 11 is 1.65. The number of hydrogen-bond donors (Lipinski definition) is 1. The number of carboxylic acid groups (broad SMARTS) is 1. The normalized spacial score (nSPS) is 23.3. The maximum absolute atomic E-state index is 11.7. The second kappa shape index (κ2) is 4.95. The molecule has 0 spiro atoms. The van der Waals surface area contributed by atoms with E-state index in [1.807, 2.05) is 35.3 Å². The fraction of sp³-hybridized carbons (Fsp3) is 0.333. The number of aliphatic carboxylic acids is 1. The van der Waals surface area contributed by atoms with Crippen molar-refractivity contribution in [3.63, 3.8) is 0 Å². The van der Waals surface area contributed by atoms with E-state index in [0.29, 0.717) is 18.7 Å². The molecule has 1 N–H and O–H groups in total. The van der Waals surface area contributed by atoms with Crippen molar-refractivity contribution in [2.24, 2.45) is 0 Å². The fourth-order valence-corrected chi connectivity index (χ4v) is 4.34. The molecule has 3 aliphatic heterocycles. The number of aromatic nitrogens is 1. The Morgan fingerprint density at radius 1 is 1.41 bits per heavy atom. The van der Waals surface area contributed by atoms with Gasteiger partial charge in [-0.2, -0.15) is 0 Å². The van der Waals surface area contributed by atoms with E-state index in [4.69, 9.17) is 0 Å². The van der Waals surface area contributed by atoms with Crippen LogP contribution in [0.3, 0.4) is 0 Å². The highest BCUT2D eigenvalue weighted by atomic mass is 32.2. The molecule has 0 bridgehead atoms. The zero-order chi connectivity index (χ0) is 15.3. The molecule has 4 heterocycles. The molecule has 4 rings (SSSR count). The Bertz CT molecular complexity index is 721. The van der Waals surface area contributed by atoms with Gasteiger partial charge in [-0.3, -0.25) is 9.69 Å². The molecule has 1 saturated heterocycles. The van der Waals surface area contributed by atoms with E-state index in [0.717, 1.165) is 12.1 Å². The van der Waals surface area contributed by atoms with Gasteiger partial charge in [-0.05, 0) is 17.7 Å². The van der Waals surface area contributed by atoms with Gasteiger partial charge in [-0.15, -0.1) is 11.8 Å². The van der Waals surface area contributed by atoms with Gasteiger partial charge < -0.3 is 14.6 Å². The Hall–Kier alpha value is -2.15. The number of amides is 1. The molecule has 1 atom stereocenters. The number of nitrogens with zero attached hydrogens (tertiary/aromatic N) is 3. The summed E-state index contributed by atoms with van der Waals surface area (Å²) in [5, 5.41) is 9.51. The molecule has 0 aliphatic carbocycles. The minimum absolute atomic E-state index is 0.0106. The summed E-state index contributed by atoms with van der Waals surface area (Å²) in [6.07, 6.45) is 6.37. The highest BCUT2D eigenvalue weighted by Crippen LogP contribution is 2.40. The molecule has 114 valence electrons. The molecule has 1 unspecified atom stereocenters. The van der Waals surface area contributed by atoms with Gasteiger partial charge in [0.15, 0.2) is 0 Å². The zero-order valence-electron chi connectivity index (χ0n) is 11.8. The van der Waals surface area contributed by atoms with Crippen molar-refractivity contribution in [1.29, 1.82) is 0 Å². The highest BCUT2D eigenvalue weighted by molar-refractivity contribution is 8.00. The molecule has 1 amide bonds. The smallest absolute Gasteiger partial charge is 0.352 e. The molecule has 1 fully saturated rings. The Kier molecular flexibility index (Phi) is 3.04. The molecule has 1 aromatic heterocycles. The lowest BCUT2D eigenvalue weighted by Gasteiger charge is -2.44. The van der Waals surface area contributed by atoms with Gasteiger partial charge in [-0.25, -0.2) is 4.79 Å². The molecule has 0 saturated carbocycles. The molecule has 3 aliphatic rings. The van der Waals surface area contributed by atoms with Crippen molar-refractivity contribution >= 4 is 29.8 Å². The molecule has 6 nitrogen and oxygen atoms in total. The van der Waals surface area contributed by atoms with Crippen molar-refractivity contribution in [3.8, 4) is 0 Å². The summed E-state index contributed by atoms with van der Waals surface area (Å²) in [7, 11) is 0. The van der Waals surface area contributed by atoms with Gasteiger partial charge >= 0.3 is 5.97 Å². The second-order valence-corrected chi connectivity index (χ2v) is 6.77. The van der Waals surface area contributed by atoms with Crippen molar-refractivity contribution in [3.05, 3.63) is 41.5 Å². The number of fused-ring (bicyclic) bond motifs is 2. The molecular formula is C15H15N3O3S. The first-order chi connectivity index (χ1) is 10.6. The SMILES string of the molecule is O=C(O)C1=C(CN2C=Cn3cccc3C2)CSC2CC(=O)N12. The van der Waals surface area contributed by atoms with E-state index in [1.165, 1.54) is 10.6 Å². The van der Waals surface area contributed by atoms with Gasteiger partial charge in [-0.1, -0.05) is 0 Å². The van der Waals surface area contributed by atoms with Crippen LogP contribution >= 0.6 is 11.8 Å². The molecule has 7 heteroatoms. The molecule has 0 aromatic carbocycles. The van der Waals surface area contributed by atoms with E-state index < -0.39 is 5.97 Å². The molecule has 0 radical (unpaired) electrons. The topological polar surface area (TPSA) is 65.8 Å². The van der Waals surface area contributed by atoms with Crippen LogP contribution in [0.2, 0.25) is 0 Å². The maximum Gasteiger partial charge on any atom is 0.352 e. The van der Waals surface area contributed by atoms with E-state index in [1.54, 1.807) is 11.8 Å². The number of thioether (sulfide) groups is 1. The van der Waals surface area contributed by atoms with Crippen LogP contribution in [0.4, 0.5) is 0 Å². The van der Waals surface area contributed by atoms with Crippen LogP contribution in [0.25, 0.3) is 6.20 Å². The van der Waals surface area contributed by atoms with Gasteiger partial charge in [0.05, 0.1) is 18.3 Å². The average molecular weight is 317 g/mol. The second-order valence-electron chi connectivity index (χ2n) is 5.60. The Balaban J connectivity index is 1.59. The first kappa shape index (κ1) is 13.5. The molecule has 1 aromatic rings. The standard InChI is InChI=1S/C15H15N3O3S/c19-12-6-13-18(12)14(15(20)21)10(9-22-13)7-16-4-5-17-3-1-2-11(17)8-16/h1-5,13H,6-9H2,(H,20,21). The maximum atomic E-state index is 11.7. The van der Waals surface area contributed by atoms with Gasteiger partial charge in [0.2, 0.25) is 5.91 Å². The van der Waals surface area contributed by atoms with Crippen LogP contribution in [0.1, 0.15) is 12.1 Å². The zero-order valence-corrected chi connectivity index (χ0v) is 12.6. The Morgan fingerprint density at radius 3 is 3.05 bits per heavy atom. The highest BCUT2D eigenvalue weighted by Gasteiger charge is 2.45. The number of rotatable bonds is 3. The summed E-state index contributed by atoms with van der Waals surface area (Å²) in [6, 6.07) is 4.04. The average Bonchev–Trinajstić information content (AvgIpc) is 2.94. The van der Waals surface area contributed by atoms with Crippen LogP contribution in [0, 0.1) is 0 Å². The number of carbonyl (C=O) groups is 2. The van der Waals surface area contributed by atoms with E-state index in [9.17, 15) is 14.7 Å². The summed E-state index contributed by atoms with van der Waals surface area (Å²) in [5.41, 5.74) is 2.17. The lowest BCUT2D eigenvalue weighted by Crippen LogP contribution is -2.54. The van der Waals surface area contributed by atoms with Crippen molar-refractivity contribution in [2.75, 3.05) is 12.3 Å². The predicted molar refractivity (Wildman–Crippen MR) is 82.5 cm³/mol. The lowest BCUT2D eigenvalue weighted by molar-refractivity contribution is -0.146. The third-order valence-electron chi connectivity index (χ3n) is 4.20. The third kappa shape index (κ3) is 2.04. The van der Waals surface area contributed by atoms with E-state index >= 15 is 0 Å². The van der Waals surface area contributed by atoms with E-state index in [-0.39, 0.29) is 17.0 Å². The summed E-state index contributed by atoms with van der Waals surface area (Å²) in [4.78, 5) is 26.9. The summed E-state index contributed by atoms with van der Waals surface area (Å²) in [5.74, 6) is -0.422. The minimum atomic E-state index is -1.00. The number of hydrogen-bond acceptors (Lipinski definition) is 4. The monoisotopic (exact) mass is 317 g/mol. The first-order valence-corrected chi connectivity index (χ1v) is 8.15. The molecular weight excluding hydrogens is 302 g/mol. The first-order valence-electron chi connectivity index (χ1n) is 7.10. The van der Waals surface area contributed by atoms with Gasteiger partial charge in [0, 0.05) is 36.6 Å². The molecule has 22 heavy (non-hydrogen) atoms. The van der Waals surface area contributed by atoms with Crippen LogP contribution in [0.5, 0.6) is 0 Å². The third-order valence-corrected chi connectivity index (χ3v) is 5.48. The van der Waals surface area contributed by atoms with Crippen LogP contribution in [0.15, 0.2) is 35.8 Å². The van der Waals surface area contributed by atoms with Gasteiger partial charge in [0.1, 0.15) is 5.70 Å². The quantitative estimate of drug-likeness (QED) is 0.853. The minimum Gasteiger partial charge on any atom is -0.477 e. The van der Waals surface area contributed by atoms with Crippen molar-refractivity contribution < 1.29 is 14.7 Å². The van der Waals surface area contributed by atoms with Crippen molar-refractivity contribution in [2.45, 2.75) is 18.3 Å². The predicted octanol–water partition coefficient (Wildman–Crippen LogP) is 1.38. The van der Waals surface area contributed by atoms with Crippen molar-refractivity contribution in [1.82, 2.24) is 14.4 Å². The van der Waals surface area contributed by atoms with Crippen LogP contribution in [-0.2, 0) is 16.1 Å². The Labute approximate surface area is 131 Å². The lowest BCUT2D eigenvalue weighted by atomic mass is 10.1. The number of carbonyl (C=O) groups excluding carboxylic acids is 1.